The zero-order chi connectivity index (χ0) is 25.9. The molecule has 0 radical (unpaired) electrons. The van der Waals surface area contributed by atoms with Crippen LogP contribution in [0.2, 0.25) is 5.02 Å². The van der Waals surface area contributed by atoms with E-state index in [0.717, 1.165) is 28.8 Å². The van der Waals surface area contributed by atoms with E-state index in [0.29, 0.717) is 36.7 Å². The lowest BCUT2D eigenvalue weighted by molar-refractivity contribution is -0.114. The Morgan fingerprint density at radius 2 is 1.89 bits per heavy atom. The fraction of sp³-hybridized carbons (Fsp3) is 0.217. The predicted octanol–water partition coefficient (Wildman–Crippen LogP) is 3.82. The average Bonchev–Trinajstić information content (AvgIpc) is 3.28. The van der Waals surface area contributed by atoms with Crippen LogP contribution in [0.5, 0.6) is 17.2 Å². The van der Waals surface area contributed by atoms with Crippen molar-refractivity contribution in [3.8, 4) is 17.2 Å². The van der Waals surface area contributed by atoms with Crippen LogP contribution in [0.3, 0.4) is 0 Å². The summed E-state index contributed by atoms with van der Waals surface area (Å²) < 4.78 is 40.2. The molecule has 0 bridgehead atoms. The molecule has 36 heavy (non-hydrogen) atoms. The SMILES string of the molecule is COc1cc(/C=C2\C(=N)N3N=C(S(C)(=O)=O)SC3=NC2=O)cc(Cl)c1OCCCOc1ccccc1. The summed E-state index contributed by atoms with van der Waals surface area (Å²) in [4.78, 5) is 16.5. The number of hydrogen-bond acceptors (Lipinski definition) is 9. The molecule has 1 N–H and O–H groups in total. The first-order valence-electron chi connectivity index (χ1n) is 10.6. The lowest BCUT2D eigenvalue weighted by Crippen LogP contribution is -2.35. The number of fused-ring (bicyclic) bond motifs is 1. The van der Waals surface area contributed by atoms with Gasteiger partial charge < -0.3 is 14.2 Å². The number of carbonyl (C=O) groups is 1. The van der Waals surface area contributed by atoms with Gasteiger partial charge in [-0.2, -0.15) is 10.0 Å². The van der Waals surface area contributed by atoms with Crippen LogP contribution >= 0.6 is 23.4 Å². The van der Waals surface area contributed by atoms with Crippen molar-refractivity contribution in [1.29, 1.82) is 5.41 Å². The maximum absolute atomic E-state index is 12.6. The van der Waals surface area contributed by atoms with Gasteiger partial charge in [0.1, 0.15) is 5.75 Å². The molecule has 0 aliphatic carbocycles. The van der Waals surface area contributed by atoms with Gasteiger partial charge in [0, 0.05) is 12.7 Å². The van der Waals surface area contributed by atoms with Gasteiger partial charge in [0.15, 0.2) is 17.3 Å². The molecule has 2 aliphatic rings. The number of methoxy groups -OCH3 is 1. The summed E-state index contributed by atoms with van der Waals surface area (Å²) in [6.45, 7) is 0.788. The molecule has 0 aromatic heterocycles. The van der Waals surface area contributed by atoms with Crippen molar-refractivity contribution in [2.45, 2.75) is 6.42 Å². The van der Waals surface area contributed by atoms with E-state index < -0.39 is 15.7 Å². The molecule has 4 rings (SSSR count). The fourth-order valence-corrected chi connectivity index (χ4v) is 5.15. The van der Waals surface area contributed by atoms with E-state index in [4.69, 9.17) is 31.2 Å². The number of hydrazone groups is 1. The highest BCUT2D eigenvalue weighted by Gasteiger charge is 2.38. The van der Waals surface area contributed by atoms with Crippen LogP contribution in [0.15, 0.2) is 58.1 Å². The lowest BCUT2D eigenvalue weighted by atomic mass is 10.1. The van der Waals surface area contributed by atoms with Crippen molar-refractivity contribution in [3.63, 3.8) is 0 Å². The summed E-state index contributed by atoms with van der Waals surface area (Å²) in [5.41, 5.74) is 0.380. The highest BCUT2D eigenvalue weighted by molar-refractivity contribution is 8.42. The van der Waals surface area contributed by atoms with E-state index >= 15 is 0 Å². The third kappa shape index (κ3) is 5.72. The number of amidine groups is 2. The number of ether oxygens (including phenoxy) is 3. The summed E-state index contributed by atoms with van der Waals surface area (Å²) in [5.74, 6) is 0.453. The van der Waals surface area contributed by atoms with E-state index in [1.807, 2.05) is 30.3 Å². The van der Waals surface area contributed by atoms with Crippen LogP contribution < -0.4 is 14.2 Å². The second kappa shape index (κ2) is 10.7. The minimum Gasteiger partial charge on any atom is -0.493 e. The molecule has 2 aromatic carbocycles. The molecular formula is C23H21ClN4O6S2. The Bertz CT molecular complexity index is 1410. The third-order valence-electron chi connectivity index (χ3n) is 4.86. The second-order valence-corrected chi connectivity index (χ2v) is 11.1. The van der Waals surface area contributed by atoms with Crippen molar-refractivity contribution < 1.29 is 27.4 Å². The number of carbonyl (C=O) groups excluding carboxylic acids is 1. The van der Waals surface area contributed by atoms with Crippen molar-refractivity contribution >= 4 is 60.6 Å². The zero-order valence-corrected chi connectivity index (χ0v) is 21.6. The molecule has 2 aliphatic heterocycles. The van der Waals surface area contributed by atoms with E-state index in [2.05, 4.69) is 10.1 Å². The fourth-order valence-electron chi connectivity index (χ4n) is 3.19. The summed E-state index contributed by atoms with van der Waals surface area (Å²) in [7, 11) is -2.16. The van der Waals surface area contributed by atoms with Crippen LogP contribution in [0.4, 0.5) is 0 Å². The molecule has 0 saturated carbocycles. The Labute approximate surface area is 217 Å². The van der Waals surface area contributed by atoms with Crippen LogP contribution in [-0.4, -0.2) is 61.3 Å². The lowest BCUT2D eigenvalue weighted by Gasteiger charge is -2.20. The molecule has 0 unspecified atom stereocenters. The highest BCUT2D eigenvalue weighted by Crippen LogP contribution is 2.38. The molecular weight excluding hydrogens is 528 g/mol. The van der Waals surface area contributed by atoms with Crippen molar-refractivity contribution in [3.05, 3.63) is 58.6 Å². The quantitative estimate of drug-likeness (QED) is 0.389. The summed E-state index contributed by atoms with van der Waals surface area (Å²) in [6.07, 6.45) is 3.01. The van der Waals surface area contributed by atoms with Gasteiger partial charge in [-0.1, -0.05) is 29.8 Å². The molecule has 13 heteroatoms. The number of rotatable bonds is 8. The Hall–Kier alpha value is -3.35. The molecule has 0 fully saturated rings. The molecule has 2 heterocycles. The first kappa shape index (κ1) is 25.7. The monoisotopic (exact) mass is 548 g/mol. The molecule has 188 valence electrons. The topological polar surface area (TPSA) is 131 Å². The zero-order valence-electron chi connectivity index (χ0n) is 19.2. The third-order valence-corrected chi connectivity index (χ3v) is 7.72. The second-order valence-electron chi connectivity index (χ2n) is 7.56. The summed E-state index contributed by atoms with van der Waals surface area (Å²) in [5, 5.41) is 13.6. The minimum absolute atomic E-state index is 0.0122. The first-order valence-corrected chi connectivity index (χ1v) is 13.6. The average molecular weight is 549 g/mol. The number of hydrogen-bond donors (Lipinski definition) is 1. The molecule has 1 amide bonds. The largest absolute Gasteiger partial charge is 0.493 e. The van der Waals surface area contributed by atoms with Gasteiger partial charge in [0.25, 0.3) is 5.91 Å². The maximum atomic E-state index is 12.6. The Morgan fingerprint density at radius 1 is 1.17 bits per heavy atom. The number of para-hydroxylation sites is 1. The van der Waals surface area contributed by atoms with Gasteiger partial charge in [0.05, 0.1) is 30.9 Å². The summed E-state index contributed by atoms with van der Waals surface area (Å²) >= 11 is 7.16. The van der Waals surface area contributed by atoms with E-state index in [1.54, 1.807) is 12.1 Å². The molecule has 0 saturated heterocycles. The van der Waals surface area contributed by atoms with Gasteiger partial charge in [-0.15, -0.1) is 5.10 Å². The van der Waals surface area contributed by atoms with Gasteiger partial charge in [-0.25, -0.2) is 8.42 Å². The highest BCUT2D eigenvalue weighted by atomic mass is 35.5. The number of halogens is 1. The maximum Gasteiger partial charge on any atom is 0.283 e. The van der Waals surface area contributed by atoms with Crippen molar-refractivity contribution in [1.82, 2.24) is 5.01 Å². The molecule has 0 atom stereocenters. The smallest absolute Gasteiger partial charge is 0.283 e. The Kier molecular flexibility index (Phi) is 7.67. The molecule has 10 nitrogen and oxygen atoms in total. The molecule has 0 spiro atoms. The summed E-state index contributed by atoms with van der Waals surface area (Å²) in [6, 6.07) is 12.6. The van der Waals surface area contributed by atoms with Gasteiger partial charge in [0.2, 0.25) is 19.4 Å². The van der Waals surface area contributed by atoms with Gasteiger partial charge in [-0.05, 0) is 47.7 Å². The number of benzene rings is 2. The van der Waals surface area contributed by atoms with E-state index in [-0.39, 0.29) is 26.0 Å². The Balaban J connectivity index is 1.48. The van der Waals surface area contributed by atoms with Crippen molar-refractivity contribution in [2.24, 2.45) is 10.1 Å². The van der Waals surface area contributed by atoms with Crippen LogP contribution in [0.1, 0.15) is 12.0 Å². The normalized spacial score (nSPS) is 16.5. The van der Waals surface area contributed by atoms with Crippen LogP contribution in [0, 0.1) is 5.41 Å². The van der Waals surface area contributed by atoms with Crippen LogP contribution in [0.25, 0.3) is 6.08 Å². The van der Waals surface area contributed by atoms with Crippen LogP contribution in [-0.2, 0) is 14.6 Å². The standard InChI is InChI=1S/C23H21ClN4O6S2/c1-32-18-13-14(12-17(24)19(18)34-10-6-9-33-15-7-4-3-5-8-15)11-16-20(25)28-22(26-21(16)29)35-23(27-28)36(2,30)31/h3-5,7-8,11-13,25H,6,9-10H2,1-2H3/b16-11+,25-20?. The Morgan fingerprint density at radius 3 is 2.58 bits per heavy atom. The van der Waals surface area contributed by atoms with Crippen molar-refractivity contribution in [2.75, 3.05) is 26.6 Å². The van der Waals surface area contributed by atoms with E-state index in [1.165, 1.54) is 13.2 Å². The number of sulfone groups is 1. The van der Waals surface area contributed by atoms with Gasteiger partial charge in [-0.3, -0.25) is 10.2 Å². The number of aliphatic imine (C=N–C) groups is 1. The van der Waals surface area contributed by atoms with Gasteiger partial charge >= 0.3 is 0 Å². The van der Waals surface area contributed by atoms with E-state index in [9.17, 15) is 13.2 Å². The molecule has 2 aromatic rings. The number of nitrogens with one attached hydrogen (secondary N) is 1. The first-order chi connectivity index (χ1) is 17.2. The predicted molar refractivity (Wildman–Crippen MR) is 140 cm³/mol. The number of amides is 1. The minimum atomic E-state index is -3.62. The number of nitrogens with zero attached hydrogens (tertiary/aromatic N) is 3. The number of thioether (sulfide) groups is 1.